The average molecular weight is 343 g/mol. The zero-order chi connectivity index (χ0) is 14.0. The van der Waals surface area contributed by atoms with Crippen LogP contribution in [0.15, 0.2) is 30.3 Å². The van der Waals surface area contributed by atoms with E-state index < -0.39 is 5.51 Å². The number of benzene rings is 1. The summed E-state index contributed by atoms with van der Waals surface area (Å²) in [5.74, 6) is 0.268. The van der Waals surface area contributed by atoms with Crippen LogP contribution >= 0.6 is 5.51 Å². The normalized spacial score (nSPS) is 34.8. The maximum atomic E-state index is 11.2. The van der Waals surface area contributed by atoms with E-state index in [1.54, 1.807) is 0 Å². The van der Waals surface area contributed by atoms with Crippen LogP contribution in [0.1, 0.15) is 27.2 Å². The fourth-order valence-electron chi connectivity index (χ4n) is 2.88. The second-order valence-corrected chi connectivity index (χ2v) is 13.0. The van der Waals surface area contributed by atoms with Gasteiger partial charge in [-0.3, -0.25) is 0 Å². The molecule has 0 N–H and O–H groups in total. The van der Waals surface area contributed by atoms with Crippen LogP contribution in [-0.4, -0.2) is 39.0 Å². The molecule has 2 rings (SSSR count). The number of carbonyl (C=O) groups is 1. The predicted octanol–water partition coefficient (Wildman–Crippen LogP) is 2.77. The molecule has 104 valence electrons. The average Bonchev–Trinajstić information content (AvgIpc) is 2.36. The molecule has 1 saturated heterocycles. The Bertz CT molecular complexity index is 500. The van der Waals surface area contributed by atoms with Crippen LogP contribution in [0.2, 0.25) is 0 Å². The maximum absolute atomic E-state index is 11.2. The van der Waals surface area contributed by atoms with Crippen molar-refractivity contribution in [2.75, 3.05) is 6.16 Å². The van der Waals surface area contributed by atoms with E-state index in [0.29, 0.717) is 11.6 Å². The summed E-state index contributed by atoms with van der Waals surface area (Å²) in [4.78, 5) is 11.2. The Morgan fingerprint density at radius 2 is 1.95 bits per heavy atom. The first-order valence-corrected chi connectivity index (χ1v) is 11.0. The van der Waals surface area contributed by atoms with Crippen LogP contribution in [0, 0.1) is 5.92 Å². The Morgan fingerprint density at radius 3 is 2.53 bits per heavy atom. The molecule has 1 aromatic rings. The van der Waals surface area contributed by atoms with E-state index in [-0.39, 0.29) is 12.1 Å². The van der Waals surface area contributed by atoms with Gasteiger partial charge in [0.25, 0.3) is 0 Å². The third-order valence-corrected chi connectivity index (χ3v) is 12.4. The number of rotatable bonds is 2. The Labute approximate surface area is 123 Å². The SMILES string of the molecule is CC(=O)O[C@H]1C[C@@H](C)[P@@](=[Se])(c2ccccc2)C[C@@H]1C. The molecule has 0 bridgehead atoms. The second-order valence-electron chi connectivity index (χ2n) is 5.52. The number of carbonyl (C=O) groups excluding carboxylic acids is 1. The first-order chi connectivity index (χ1) is 8.93. The van der Waals surface area contributed by atoms with Crippen LogP contribution < -0.4 is 5.30 Å². The van der Waals surface area contributed by atoms with Crippen molar-refractivity contribution in [2.45, 2.75) is 39.0 Å². The molecule has 1 aliphatic rings. The summed E-state index contributed by atoms with van der Waals surface area (Å²) in [5, 5.41) is 1.45. The van der Waals surface area contributed by atoms with Gasteiger partial charge >= 0.3 is 123 Å². The van der Waals surface area contributed by atoms with Gasteiger partial charge in [-0.15, -0.1) is 0 Å². The van der Waals surface area contributed by atoms with Gasteiger partial charge in [0.15, 0.2) is 0 Å². The molecule has 4 atom stereocenters. The summed E-state index contributed by atoms with van der Waals surface area (Å²) < 4.78 is 5.47. The zero-order valence-electron chi connectivity index (χ0n) is 11.7. The van der Waals surface area contributed by atoms with Crippen molar-refractivity contribution in [3.63, 3.8) is 0 Å². The molecule has 1 fully saturated rings. The first-order valence-electron chi connectivity index (χ1n) is 6.75. The Hall–Kier alpha value is -0.361. The molecule has 0 spiro atoms. The molecule has 4 heteroatoms. The van der Waals surface area contributed by atoms with E-state index in [0.717, 1.165) is 12.6 Å². The molecule has 1 aromatic carbocycles. The van der Waals surface area contributed by atoms with Gasteiger partial charge in [-0.2, -0.15) is 0 Å². The number of hydrogen-bond acceptors (Lipinski definition) is 2. The summed E-state index contributed by atoms with van der Waals surface area (Å²) in [5.41, 5.74) is -0.695. The van der Waals surface area contributed by atoms with Crippen molar-refractivity contribution in [3.05, 3.63) is 30.3 Å². The Balaban J connectivity index is 2.23. The van der Waals surface area contributed by atoms with Crippen molar-refractivity contribution < 1.29 is 9.53 Å². The molecule has 0 amide bonds. The fourth-order valence-corrected chi connectivity index (χ4v) is 9.07. The summed E-state index contributed by atoms with van der Waals surface area (Å²) in [6.07, 6.45) is 2.17. The van der Waals surface area contributed by atoms with Gasteiger partial charge < -0.3 is 0 Å². The molecule has 0 aromatic heterocycles. The van der Waals surface area contributed by atoms with Gasteiger partial charge in [0.05, 0.1) is 0 Å². The monoisotopic (exact) mass is 344 g/mol. The van der Waals surface area contributed by atoms with Gasteiger partial charge in [-0.25, -0.2) is 0 Å². The van der Waals surface area contributed by atoms with Crippen molar-refractivity contribution in [1.82, 2.24) is 0 Å². The quantitative estimate of drug-likeness (QED) is 0.469. The van der Waals surface area contributed by atoms with Gasteiger partial charge in [0.1, 0.15) is 0 Å². The second kappa shape index (κ2) is 5.95. The van der Waals surface area contributed by atoms with E-state index in [2.05, 4.69) is 59.3 Å². The van der Waals surface area contributed by atoms with Crippen LogP contribution in [0.25, 0.3) is 0 Å². The molecular weight excluding hydrogens is 322 g/mol. The molecule has 19 heavy (non-hydrogen) atoms. The Kier molecular flexibility index (Phi) is 4.71. The molecule has 0 saturated carbocycles. The standard InChI is InChI=1S/C15H21O2PSe/c1-11-10-18(19,14-7-5-4-6-8-14)12(2)9-15(11)17-13(3)16/h4-8,11-12,15H,9-10H2,1-3H3/t11-,12+,15-,18+/m0/s1. The van der Waals surface area contributed by atoms with Gasteiger partial charge in [-0.1, -0.05) is 0 Å². The number of esters is 1. The summed E-state index contributed by atoms with van der Waals surface area (Å²) >= 11 is 3.53. The first kappa shape index (κ1) is 15.0. The van der Waals surface area contributed by atoms with Gasteiger partial charge in [0, 0.05) is 0 Å². The fraction of sp³-hybridized carbons (Fsp3) is 0.533. The molecule has 2 nitrogen and oxygen atoms in total. The van der Waals surface area contributed by atoms with Crippen LogP contribution in [-0.2, 0) is 9.53 Å². The summed E-state index contributed by atoms with van der Waals surface area (Å²) in [7, 11) is 0. The van der Waals surface area contributed by atoms with E-state index in [4.69, 9.17) is 4.74 Å². The number of hydrogen-bond donors (Lipinski definition) is 0. The van der Waals surface area contributed by atoms with E-state index in [9.17, 15) is 4.79 Å². The van der Waals surface area contributed by atoms with Crippen LogP contribution in [0.3, 0.4) is 0 Å². The number of ether oxygens (including phenoxy) is 1. The minimum absolute atomic E-state index is 0.0812. The van der Waals surface area contributed by atoms with Crippen LogP contribution in [0.5, 0.6) is 0 Å². The minimum atomic E-state index is -1.26. The van der Waals surface area contributed by atoms with Crippen molar-refractivity contribution >= 4 is 31.9 Å². The topological polar surface area (TPSA) is 26.3 Å². The molecule has 1 aliphatic heterocycles. The summed E-state index contributed by atoms with van der Waals surface area (Å²) in [6.45, 7) is 6.00. The predicted molar refractivity (Wildman–Crippen MR) is 82.4 cm³/mol. The van der Waals surface area contributed by atoms with Gasteiger partial charge in [0.2, 0.25) is 0 Å². The third-order valence-electron chi connectivity index (χ3n) is 3.99. The Morgan fingerprint density at radius 1 is 1.32 bits per heavy atom. The van der Waals surface area contributed by atoms with E-state index in [1.807, 2.05) is 0 Å². The molecular formula is C15H21O2PSe. The van der Waals surface area contributed by atoms with Crippen LogP contribution in [0.4, 0.5) is 0 Å². The van der Waals surface area contributed by atoms with Gasteiger partial charge in [-0.05, 0) is 0 Å². The molecule has 0 unspecified atom stereocenters. The molecule has 0 radical (unpaired) electrons. The zero-order valence-corrected chi connectivity index (χ0v) is 14.3. The third kappa shape index (κ3) is 3.21. The molecule has 0 aliphatic carbocycles. The van der Waals surface area contributed by atoms with E-state index in [1.165, 1.54) is 12.2 Å². The van der Waals surface area contributed by atoms with E-state index >= 15 is 0 Å². The van der Waals surface area contributed by atoms with Crippen molar-refractivity contribution in [3.8, 4) is 0 Å². The molecule has 1 heterocycles. The van der Waals surface area contributed by atoms with Crippen molar-refractivity contribution in [2.24, 2.45) is 5.92 Å². The van der Waals surface area contributed by atoms with Crippen molar-refractivity contribution in [1.29, 1.82) is 0 Å². The summed E-state index contributed by atoms with van der Waals surface area (Å²) in [6, 6.07) is 10.8.